The lowest BCUT2D eigenvalue weighted by Gasteiger charge is -2.16. The number of nitrogens with one attached hydrogen (secondary N) is 3. The average molecular weight is 536 g/mol. The summed E-state index contributed by atoms with van der Waals surface area (Å²) in [5, 5.41) is 2.49. The molecule has 0 spiro atoms. The zero-order chi connectivity index (χ0) is 24.4. The number of aryl methyl sites for hydroxylation is 1. The molecule has 2 rings (SSSR count). The van der Waals surface area contributed by atoms with Crippen molar-refractivity contribution in [3.05, 3.63) is 57.6 Å². The van der Waals surface area contributed by atoms with Crippen LogP contribution in [0.2, 0.25) is 0 Å². The lowest BCUT2D eigenvalue weighted by atomic mass is 10.0. The zero-order valence-corrected chi connectivity index (χ0v) is 21.7. The van der Waals surface area contributed by atoms with Crippen LogP contribution < -0.4 is 25.6 Å². The summed E-state index contributed by atoms with van der Waals surface area (Å²) in [5.41, 5.74) is 7.35. The van der Waals surface area contributed by atoms with Crippen molar-refractivity contribution in [2.24, 2.45) is 0 Å². The molecule has 0 bridgehead atoms. The Kier molecular flexibility index (Phi) is 10.6. The van der Waals surface area contributed by atoms with Gasteiger partial charge in [0.05, 0.1) is 12.2 Å². The van der Waals surface area contributed by atoms with Crippen molar-refractivity contribution < 1.29 is 19.1 Å². The molecule has 7 nitrogen and oxygen atoms in total. The first-order chi connectivity index (χ1) is 15.7. The molecule has 0 atom stereocenters. The van der Waals surface area contributed by atoms with Gasteiger partial charge in [0.1, 0.15) is 11.5 Å². The Balaban J connectivity index is 1.88. The number of hydrazine groups is 1. The molecule has 0 fully saturated rings. The van der Waals surface area contributed by atoms with Gasteiger partial charge in [-0.3, -0.25) is 25.8 Å². The van der Waals surface area contributed by atoms with Crippen molar-refractivity contribution in [3.8, 4) is 11.5 Å². The number of amides is 2. The third-order valence-corrected chi connectivity index (χ3v) is 5.33. The Morgan fingerprint density at radius 2 is 1.82 bits per heavy atom. The molecule has 178 valence electrons. The number of unbranched alkanes of at least 4 members (excludes halogenated alkanes) is 1. The van der Waals surface area contributed by atoms with Crippen molar-refractivity contribution in [1.29, 1.82) is 0 Å². The highest BCUT2D eigenvalue weighted by Crippen LogP contribution is 2.27. The first kappa shape index (κ1) is 26.6. The third kappa shape index (κ3) is 8.66. The summed E-state index contributed by atoms with van der Waals surface area (Å²) in [6, 6.07) is 11.1. The molecule has 0 saturated carbocycles. The SMILES string of the molecule is CCCCOc1ccc(Br)cc1C(=O)NC(=S)NNC(=O)COc1cc(C)ccc1C(C)C. The number of benzene rings is 2. The second-order valence-corrected chi connectivity index (χ2v) is 9.11. The van der Waals surface area contributed by atoms with Gasteiger partial charge in [-0.2, -0.15) is 0 Å². The average Bonchev–Trinajstić information content (AvgIpc) is 2.77. The lowest BCUT2D eigenvalue weighted by Crippen LogP contribution is -2.49. The van der Waals surface area contributed by atoms with Crippen LogP contribution in [-0.2, 0) is 4.79 Å². The predicted molar refractivity (Wildman–Crippen MR) is 137 cm³/mol. The van der Waals surface area contributed by atoms with Crippen molar-refractivity contribution in [3.63, 3.8) is 0 Å². The lowest BCUT2D eigenvalue weighted by molar-refractivity contribution is -0.123. The normalized spacial score (nSPS) is 10.5. The van der Waals surface area contributed by atoms with E-state index < -0.39 is 11.8 Å². The van der Waals surface area contributed by atoms with E-state index in [1.807, 2.05) is 25.1 Å². The largest absolute Gasteiger partial charge is 0.493 e. The number of carbonyl (C=O) groups excluding carboxylic acids is 2. The second-order valence-electron chi connectivity index (χ2n) is 7.78. The van der Waals surface area contributed by atoms with E-state index in [1.54, 1.807) is 18.2 Å². The minimum Gasteiger partial charge on any atom is -0.493 e. The van der Waals surface area contributed by atoms with Crippen LogP contribution in [0.3, 0.4) is 0 Å². The monoisotopic (exact) mass is 535 g/mol. The quantitative estimate of drug-likeness (QED) is 0.243. The molecule has 0 saturated heterocycles. The molecule has 0 heterocycles. The summed E-state index contributed by atoms with van der Waals surface area (Å²) in [6.45, 7) is 8.46. The van der Waals surface area contributed by atoms with Gasteiger partial charge in [0.25, 0.3) is 11.8 Å². The molecule has 33 heavy (non-hydrogen) atoms. The van der Waals surface area contributed by atoms with Crippen molar-refractivity contribution in [2.45, 2.75) is 46.5 Å². The highest BCUT2D eigenvalue weighted by molar-refractivity contribution is 9.10. The molecule has 0 aliphatic rings. The number of ether oxygens (including phenoxy) is 2. The van der Waals surface area contributed by atoms with Crippen LogP contribution in [0.25, 0.3) is 0 Å². The van der Waals surface area contributed by atoms with Crippen molar-refractivity contribution >= 4 is 45.1 Å². The van der Waals surface area contributed by atoms with Crippen molar-refractivity contribution in [1.82, 2.24) is 16.2 Å². The Bertz CT molecular complexity index is 998. The highest BCUT2D eigenvalue weighted by atomic mass is 79.9. The molecule has 9 heteroatoms. The van der Waals surface area contributed by atoms with Crippen molar-refractivity contribution in [2.75, 3.05) is 13.2 Å². The first-order valence-corrected chi connectivity index (χ1v) is 12.0. The van der Waals surface area contributed by atoms with Gasteiger partial charge in [-0.15, -0.1) is 0 Å². The minimum atomic E-state index is -0.452. The number of halogens is 1. The van der Waals surface area contributed by atoms with Crippen LogP contribution in [0.5, 0.6) is 11.5 Å². The van der Waals surface area contributed by atoms with Gasteiger partial charge < -0.3 is 9.47 Å². The summed E-state index contributed by atoms with van der Waals surface area (Å²) in [7, 11) is 0. The molecule has 2 aromatic carbocycles. The smallest absolute Gasteiger partial charge is 0.276 e. The standard InChI is InChI=1S/C24H30BrN3O4S/c1-5-6-11-31-20-10-8-17(25)13-19(20)23(30)26-24(33)28-27-22(29)14-32-21-12-16(4)7-9-18(21)15(2)3/h7-10,12-13,15H,5-6,11,14H2,1-4H3,(H,27,29)(H2,26,28,30,33). The highest BCUT2D eigenvalue weighted by Gasteiger charge is 2.16. The van der Waals surface area contributed by atoms with Gasteiger partial charge in [-0.1, -0.05) is 55.3 Å². The maximum absolute atomic E-state index is 12.7. The topological polar surface area (TPSA) is 88.7 Å². The predicted octanol–water partition coefficient (Wildman–Crippen LogP) is 4.77. The van der Waals surface area contributed by atoms with E-state index in [1.165, 1.54) is 0 Å². The molecule has 0 unspecified atom stereocenters. The van der Waals surface area contributed by atoms with Gasteiger partial charge in [-0.05, 0) is 66.9 Å². The molecule has 0 aliphatic heterocycles. The maximum Gasteiger partial charge on any atom is 0.276 e. The number of rotatable bonds is 9. The fraction of sp³-hybridized carbons (Fsp3) is 0.375. The van der Waals surface area contributed by atoms with Gasteiger partial charge in [0.15, 0.2) is 11.7 Å². The Morgan fingerprint density at radius 1 is 1.06 bits per heavy atom. The Labute approximate surface area is 208 Å². The van der Waals surface area contributed by atoms with Crippen LogP contribution in [0, 0.1) is 6.92 Å². The van der Waals surface area contributed by atoms with Crippen LogP contribution in [0.15, 0.2) is 40.9 Å². The number of thiocarbonyl (C=S) groups is 1. The fourth-order valence-corrected chi connectivity index (χ4v) is 3.39. The molecular formula is C24H30BrN3O4S. The molecule has 0 aliphatic carbocycles. The number of hydrogen-bond acceptors (Lipinski definition) is 5. The van der Waals surface area contributed by atoms with E-state index in [-0.39, 0.29) is 17.6 Å². The fourth-order valence-electron chi connectivity index (χ4n) is 2.88. The number of carbonyl (C=O) groups is 2. The number of hydrogen-bond donors (Lipinski definition) is 3. The first-order valence-electron chi connectivity index (χ1n) is 10.8. The summed E-state index contributed by atoms with van der Waals surface area (Å²) in [5.74, 6) is 0.504. The maximum atomic E-state index is 12.7. The van der Waals surface area contributed by atoms with E-state index in [2.05, 4.69) is 52.9 Å². The third-order valence-electron chi connectivity index (χ3n) is 4.63. The molecule has 2 aromatic rings. The van der Waals surface area contributed by atoms with Gasteiger partial charge in [0.2, 0.25) is 0 Å². The Morgan fingerprint density at radius 3 is 2.52 bits per heavy atom. The zero-order valence-electron chi connectivity index (χ0n) is 19.3. The summed E-state index contributed by atoms with van der Waals surface area (Å²) in [6.07, 6.45) is 1.87. The Hall–Kier alpha value is -2.65. The van der Waals surface area contributed by atoms with E-state index in [4.69, 9.17) is 21.7 Å². The molecular weight excluding hydrogens is 506 g/mol. The minimum absolute atomic E-state index is 0.0498. The molecule has 3 N–H and O–H groups in total. The molecule has 2 amide bonds. The molecule has 0 radical (unpaired) electrons. The summed E-state index contributed by atoms with van der Waals surface area (Å²) >= 11 is 8.49. The summed E-state index contributed by atoms with van der Waals surface area (Å²) in [4.78, 5) is 24.9. The van der Waals surface area contributed by atoms with E-state index >= 15 is 0 Å². The van der Waals surface area contributed by atoms with Crippen LogP contribution in [0.1, 0.15) is 61.0 Å². The summed E-state index contributed by atoms with van der Waals surface area (Å²) < 4.78 is 12.1. The van der Waals surface area contributed by atoms with E-state index in [0.717, 1.165) is 28.4 Å². The molecule has 0 aromatic heterocycles. The van der Waals surface area contributed by atoms with E-state index in [9.17, 15) is 9.59 Å². The second kappa shape index (κ2) is 13.2. The van der Waals surface area contributed by atoms with Crippen LogP contribution in [0.4, 0.5) is 0 Å². The van der Waals surface area contributed by atoms with Crippen LogP contribution >= 0.6 is 28.1 Å². The van der Waals surface area contributed by atoms with Crippen LogP contribution in [-0.4, -0.2) is 30.1 Å². The van der Waals surface area contributed by atoms with E-state index in [0.29, 0.717) is 23.7 Å². The van der Waals surface area contributed by atoms with Gasteiger partial charge in [-0.25, -0.2) is 0 Å². The van der Waals surface area contributed by atoms with Gasteiger partial charge in [0, 0.05) is 4.47 Å². The van der Waals surface area contributed by atoms with Gasteiger partial charge >= 0.3 is 0 Å².